The Morgan fingerprint density at radius 2 is 0.680 bits per heavy atom. The standard InChI is InChI=1S/3C6H5FO.Sn/c3*7-5-1-3-6(8)4-2-5;/h3*1-4,8H;/q;;;+4/p-3. The number of hydrogen-bond donors (Lipinski definition) is 0. The van der Waals surface area contributed by atoms with Crippen molar-refractivity contribution in [3.8, 4) is 17.2 Å². The molecule has 0 amide bonds. The minimum absolute atomic E-state index is 0.389. The normalized spacial score (nSPS) is 10.2. The van der Waals surface area contributed by atoms with Crippen LogP contribution in [0.25, 0.3) is 0 Å². The molecule has 0 bridgehead atoms. The van der Waals surface area contributed by atoms with Gasteiger partial charge >= 0.3 is 151 Å². The quantitative estimate of drug-likeness (QED) is 0.511. The van der Waals surface area contributed by atoms with Gasteiger partial charge in [-0.25, -0.2) is 0 Å². The maximum atomic E-state index is 13.0. The molecule has 3 aromatic carbocycles. The number of hydrogen-bond acceptors (Lipinski definition) is 3. The average molecular weight is 452 g/mol. The molecule has 0 saturated heterocycles. The van der Waals surface area contributed by atoms with Crippen molar-refractivity contribution in [2.45, 2.75) is 0 Å². The second kappa shape index (κ2) is 8.15. The summed E-state index contributed by atoms with van der Waals surface area (Å²) in [5.74, 6) is -0.00992. The molecule has 0 aliphatic heterocycles. The zero-order valence-electron chi connectivity index (χ0n) is 12.8. The van der Waals surface area contributed by atoms with Gasteiger partial charge in [0.1, 0.15) is 0 Å². The van der Waals surface area contributed by atoms with Crippen LogP contribution in [0.5, 0.6) is 17.2 Å². The molecule has 7 heteroatoms. The molecule has 3 nitrogen and oxygen atoms in total. The van der Waals surface area contributed by atoms with Gasteiger partial charge in [0.05, 0.1) is 0 Å². The van der Waals surface area contributed by atoms with Crippen molar-refractivity contribution >= 4 is 21.0 Å². The van der Waals surface area contributed by atoms with Gasteiger partial charge in [-0.2, -0.15) is 0 Å². The molecule has 0 aliphatic carbocycles. The van der Waals surface area contributed by atoms with Gasteiger partial charge in [-0.1, -0.05) is 0 Å². The van der Waals surface area contributed by atoms with E-state index in [4.69, 9.17) is 9.22 Å². The molecule has 3 aromatic rings. The number of halogens is 3. The molecule has 3 rings (SSSR count). The van der Waals surface area contributed by atoms with Crippen LogP contribution < -0.4 is 9.22 Å². The van der Waals surface area contributed by atoms with Crippen molar-refractivity contribution in [2.75, 3.05) is 0 Å². The zero-order valence-corrected chi connectivity index (χ0v) is 15.6. The predicted octanol–water partition coefficient (Wildman–Crippen LogP) is 4.63. The molecule has 0 spiro atoms. The van der Waals surface area contributed by atoms with Crippen LogP contribution in [0.1, 0.15) is 0 Å². The summed E-state index contributed by atoms with van der Waals surface area (Å²) in [7, 11) is 0. The Kier molecular flexibility index (Phi) is 5.70. The third kappa shape index (κ3) is 5.32. The molecule has 0 unspecified atom stereocenters. The number of rotatable bonds is 6. The fourth-order valence-electron chi connectivity index (χ4n) is 1.86. The van der Waals surface area contributed by atoms with Crippen molar-refractivity contribution in [1.82, 2.24) is 0 Å². The van der Waals surface area contributed by atoms with Gasteiger partial charge in [0, 0.05) is 0 Å². The zero-order chi connectivity index (χ0) is 17.6. The van der Waals surface area contributed by atoms with E-state index in [0.29, 0.717) is 17.2 Å². The van der Waals surface area contributed by atoms with Crippen LogP contribution in [0.2, 0.25) is 0 Å². The van der Waals surface area contributed by atoms with E-state index in [1.165, 1.54) is 72.8 Å². The van der Waals surface area contributed by atoms with Crippen molar-refractivity contribution in [3.05, 3.63) is 90.2 Å². The Bertz CT molecular complexity index is 696. The summed E-state index contributed by atoms with van der Waals surface area (Å²) in [6.45, 7) is 0. The summed E-state index contributed by atoms with van der Waals surface area (Å²) < 4.78 is 56.3. The van der Waals surface area contributed by atoms with E-state index in [-0.39, 0.29) is 0 Å². The van der Waals surface area contributed by atoms with E-state index in [1.54, 1.807) is 0 Å². The van der Waals surface area contributed by atoms with Crippen LogP contribution in [-0.4, -0.2) is 21.0 Å². The Balaban J connectivity index is 1.77. The van der Waals surface area contributed by atoms with Crippen molar-refractivity contribution < 1.29 is 22.4 Å². The third-order valence-corrected chi connectivity index (χ3v) is 6.49. The molecule has 0 N–H and O–H groups in total. The first kappa shape index (κ1) is 17.5. The number of benzene rings is 3. The van der Waals surface area contributed by atoms with Crippen LogP contribution in [0, 0.1) is 17.5 Å². The summed E-state index contributed by atoms with van der Waals surface area (Å²) in [5, 5.41) is 0. The summed E-state index contributed by atoms with van der Waals surface area (Å²) in [4.78, 5) is 0. The Hall–Kier alpha value is -2.35. The van der Waals surface area contributed by atoms with Crippen molar-refractivity contribution in [2.24, 2.45) is 0 Å². The van der Waals surface area contributed by atoms with Gasteiger partial charge in [0.15, 0.2) is 0 Å². The van der Waals surface area contributed by atoms with Gasteiger partial charge < -0.3 is 0 Å². The van der Waals surface area contributed by atoms with E-state index in [2.05, 4.69) is 0 Å². The van der Waals surface area contributed by atoms with Crippen molar-refractivity contribution in [1.29, 1.82) is 0 Å². The third-order valence-electron chi connectivity index (χ3n) is 3.04. The fourth-order valence-corrected chi connectivity index (χ4v) is 5.03. The molecule has 0 fully saturated rings. The predicted molar refractivity (Wildman–Crippen MR) is 86.8 cm³/mol. The summed E-state index contributed by atoms with van der Waals surface area (Å²) in [6.07, 6.45) is 0. The average Bonchev–Trinajstić information content (AvgIpc) is 2.61. The van der Waals surface area contributed by atoms with E-state index >= 15 is 0 Å². The first-order valence-electron chi connectivity index (χ1n) is 7.26. The van der Waals surface area contributed by atoms with Gasteiger partial charge in [0.25, 0.3) is 0 Å². The van der Waals surface area contributed by atoms with Gasteiger partial charge in [-0.05, 0) is 0 Å². The monoisotopic (exact) mass is 453 g/mol. The van der Waals surface area contributed by atoms with E-state index in [0.717, 1.165) is 0 Å². The minimum atomic E-state index is -3.49. The fraction of sp³-hybridized carbons (Fsp3) is 0. The van der Waals surface area contributed by atoms with Crippen LogP contribution >= 0.6 is 0 Å². The molecular weight excluding hydrogens is 440 g/mol. The van der Waals surface area contributed by atoms with Crippen molar-refractivity contribution in [3.63, 3.8) is 0 Å². The molecule has 0 atom stereocenters. The van der Waals surface area contributed by atoms with Gasteiger partial charge in [-0.3, -0.25) is 0 Å². The van der Waals surface area contributed by atoms with Gasteiger partial charge in [-0.15, -0.1) is 0 Å². The molecule has 25 heavy (non-hydrogen) atoms. The van der Waals surface area contributed by atoms with E-state index < -0.39 is 38.5 Å². The topological polar surface area (TPSA) is 27.7 Å². The van der Waals surface area contributed by atoms with E-state index in [1.807, 2.05) is 0 Å². The van der Waals surface area contributed by atoms with Crippen LogP contribution in [0.15, 0.2) is 72.8 Å². The molecule has 0 radical (unpaired) electrons. The summed E-state index contributed by atoms with van der Waals surface area (Å²) >= 11 is -3.49. The first-order chi connectivity index (χ1) is 12.1. The second-order valence-electron chi connectivity index (χ2n) is 4.92. The van der Waals surface area contributed by atoms with Gasteiger partial charge in [0.2, 0.25) is 0 Å². The molecule has 126 valence electrons. The van der Waals surface area contributed by atoms with Crippen LogP contribution in [0.3, 0.4) is 0 Å². The Labute approximate surface area is 151 Å². The van der Waals surface area contributed by atoms with E-state index in [9.17, 15) is 13.2 Å². The molecule has 0 heterocycles. The Morgan fingerprint density at radius 3 is 0.920 bits per heavy atom. The summed E-state index contributed by atoms with van der Waals surface area (Å²) in [5.41, 5.74) is 0. The SMILES string of the molecule is Fc1ccc([O][Sn+]([O]c2ccc(F)cc2)[O]c2ccc(F)cc2)cc1. The first-order valence-corrected chi connectivity index (χ1v) is 10.8. The molecule has 0 aromatic heterocycles. The molecular formula is C18H12F3O3Sn+. The molecule has 0 aliphatic rings. The van der Waals surface area contributed by atoms with Crippen LogP contribution in [0.4, 0.5) is 13.2 Å². The molecule has 0 saturated carbocycles. The Morgan fingerprint density at radius 1 is 0.440 bits per heavy atom. The maximum absolute atomic E-state index is 13.0. The second-order valence-corrected chi connectivity index (χ2v) is 8.09. The van der Waals surface area contributed by atoms with Crippen LogP contribution in [-0.2, 0) is 0 Å². The summed E-state index contributed by atoms with van der Waals surface area (Å²) in [6, 6.07) is 16.3.